The molecular weight excluding hydrogens is 528 g/mol. The van der Waals surface area contributed by atoms with Crippen LogP contribution >= 0.6 is 23.4 Å². The van der Waals surface area contributed by atoms with Crippen molar-refractivity contribution in [2.45, 2.75) is 59.8 Å². The highest BCUT2D eigenvalue weighted by Gasteiger charge is 2.44. The van der Waals surface area contributed by atoms with E-state index < -0.39 is 22.3 Å². The second-order valence-corrected chi connectivity index (χ2v) is 11.4. The molecule has 2 heterocycles. The van der Waals surface area contributed by atoms with E-state index >= 15 is 0 Å². The predicted molar refractivity (Wildman–Crippen MR) is 146 cm³/mol. The third-order valence-electron chi connectivity index (χ3n) is 7.57. The number of thioether (sulfide) groups is 1. The highest BCUT2D eigenvalue weighted by molar-refractivity contribution is 8.01. The molecule has 1 amide bonds. The molecule has 1 fully saturated rings. The number of hydrogen-bond acceptors (Lipinski definition) is 5. The number of carbonyl (C=O) groups is 1. The summed E-state index contributed by atoms with van der Waals surface area (Å²) in [6, 6.07) is 12.3. The standard InChI is InChI=1S/C29H30ClF2N3O2S/c1-33-20-6-8-21(9-7-20)35(29(36)28-26(30)25-22(31)10-11-23(32)27(25)38-28)16-19-14-17(5-12-24(19)37-2)18-4-3-13-34-15-18/h3-5,10-15,20-21,26,28,33H,6-9,16H2,1-2H3. The van der Waals surface area contributed by atoms with Crippen molar-refractivity contribution in [1.29, 1.82) is 0 Å². The van der Waals surface area contributed by atoms with E-state index in [1.165, 1.54) is 0 Å². The Morgan fingerprint density at radius 3 is 2.55 bits per heavy atom. The summed E-state index contributed by atoms with van der Waals surface area (Å²) >= 11 is 7.68. The molecule has 1 saturated carbocycles. The number of hydrogen-bond donors (Lipinski definition) is 1. The number of rotatable bonds is 7. The average molecular weight is 558 g/mol. The normalized spacial score (nSPS) is 22.7. The number of amides is 1. The number of methoxy groups -OCH3 is 1. The van der Waals surface area contributed by atoms with Gasteiger partial charge in [0.05, 0.1) is 17.4 Å². The van der Waals surface area contributed by atoms with Crippen LogP contribution < -0.4 is 10.1 Å². The minimum absolute atomic E-state index is 0.0262. The van der Waals surface area contributed by atoms with E-state index in [1.807, 2.05) is 42.3 Å². The van der Waals surface area contributed by atoms with Gasteiger partial charge in [-0.2, -0.15) is 0 Å². The second kappa shape index (κ2) is 11.6. The molecule has 1 aliphatic heterocycles. The smallest absolute Gasteiger partial charge is 0.238 e. The molecule has 0 spiro atoms. The summed E-state index contributed by atoms with van der Waals surface area (Å²) in [4.78, 5) is 20.4. The van der Waals surface area contributed by atoms with Crippen molar-refractivity contribution in [3.05, 3.63) is 77.6 Å². The van der Waals surface area contributed by atoms with Gasteiger partial charge in [-0.1, -0.05) is 12.1 Å². The van der Waals surface area contributed by atoms with Crippen LogP contribution in [0.4, 0.5) is 8.78 Å². The summed E-state index contributed by atoms with van der Waals surface area (Å²) in [5, 5.41) is 1.55. The van der Waals surface area contributed by atoms with Crippen molar-refractivity contribution in [2.24, 2.45) is 0 Å². The number of aromatic nitrogens is 1. The molecular formula is C29H30ClF2N3O2S. The predicted octanol–water partition coefficient (Wildman–Crippen LogP) is 6.35. The van der Waals surface area contributed by atoms with Gasteiger partial charge in [0, 0.05) is 47.7 Å². The molecule has 1 aromatic heterocycles. The molecule has 38 heavy (non-hydrogen) atoms. The minimum atomic E-state index is -0.960. The van der Waals surface area contributed by atoms with E-state index in [9.17, 15) is 13.6 Å². The van der Waals surface area contributed by atoms with Gasteiger partial charge in [-0.15, -0.1) is 23.4 Å². The highest BCUT2D eigenvalue weighted by Crippen LogP contribution is 2.51. The molecule has 200 valence electrons. The van der Waals surface area contributed by atoms with Gasteiger partial charge < -0.3 is 15.0 Å². The van der Waals surface area contributed by atoms with Crippen LogP contribution in [0.15, 0.2) is 59.8 Å². The van der Waals surface area contributed by atoms with E-state index in [1.54, 1.807) is 19.5 Å². The first-order valence-corrected chi connectivity index (χ1v) is 14.1. The molecule has 2 unspecified atom stereocenters. The van der Waals surface area contributed by atoms with Gasteiger partial charge in [-0.25, -0.2) is 8.78 Å². The van der Waals surface area contributed by atoms with Crippen molar-refractivity contribution in [3.8, 4) is 16.9 Å². The van der Waals surface area contributed by atoms with Crippen LogP contribution in [0.25, 0.3) is 11.1 Å². The van der Waals surface area contributed by atoms with Crippen molar-refractivity contribution in [1.82, 2.24) is 15.2 Å². The Bertz CT molecular complexity index is 1300. The Morgan fingerprint density at radius 1 is 1.13 bits per heavy atom. The van der Waals surface area contributed by atoms with Gasteiger partial charge in [0.2, 0.25) is 5.91 Å². The summed E-state index contributed by atoms with van der Waals surface area (Å²) < 4.78 is 34.9. The summed E-state index contributed by atoms with van der Waals surface area (Å²) in [5.41, 5.74) is 2.84. The Morgan fingerprint density at radius 2 is 1.89 bits per heavy atom. The fourth-order valence-corrected chi connectivity index (χ4v) is 7.28. The number of carbonyl (C=O) groups excluding carboxylic acids is 1. The largest absolute Gasteiger partial charge is 0.496 e. The fraction of sp³-hybridized carbons (Fsp3) is 0.379. The van der Waals surface area contributed by atoms with Gasteiger partial charge in [0.1, 0.15) is 22.6 Å². The van der Waals surface area contributed by atoms with Crippen LogP contribution in [-0.4, -0.2) is 47.3 Å². The van der Waals surface area contributed by atoms with Gasteiger partial charge in [-0.3, -0.25) is 9.78 Å². The molecule has 5 rings (SSSR count). The van der Waals surface area contributed by atoms with Crippen LogP contribution in [0.5, 0.6) is 5.75 Å². The van der Waals surface area contributed by atoms with E-state index in [-0.39, 0.29) is 22.4 Å². The van der Waals surface area contributed by atoms with E-state index in [0.717, 1.165) is 66.3 Å². The Balaban J connectivity index is 1.49. The number of nitrogens with one attached hydrogen (secondary N) is 1. The lowest BCUT2D eigenvalue weighted by molar-refractivity contribution is -0.134. The summed E-state index contributed by atoms with van der Waals surface area (Å²) in [7, 11) is 3.56. The van der Waals surface area contributed by atoms with E-state index in [4.69, 9.17) is 16.3 Å². The number of nitrogens with zero attached hydrogens (tertiary/aromatic N) is 2. The first-order chi connectivity index (χ1) is 18.4. The maximum Gasteiger partial charge on any atom is 0.238 e. The van der Waals surface area contributed by atoms with Crippen LogP contribution in [0.1, 0.15) is 42.2 Å². The van der Waals surface area contributed by atoms with Crippen molar-refractivity contribution >= 4 is 29.3 Å². The second-order valence-electron chi connectivity index (χ2n) is 9.74. The lowest BCUT2D eigenvalue weighted by Gasteiger charge is -2.38. The molecule has 0 radical (unpaired) electrons. The zero-order valence-electron chi connectivity index (χ0n) is 21.3. The fourth-order valence-electron chi connectivity index (χ4n) is 5.46. The van der Waals surface area contributed by atoms with Gasteiger partial charge in [0.25, 0.3) is 0 Å². The number of benzene rings is 2. The molecule has 0 bridgehead atoms. The van der Waals surface area contributed by atoms with E-state index in [2.05, 4.69) is 10.3 Å². The maximum atomic E-state index is 14.6. The van der Waals surface area contributed by atoms with Gasteiger partial charge >= 0.3 is 0 Å². The van der Waals surface area contributed by atoms with Crippen LogP contribution in [0.2, 0.25) is 0 Å². The quantitative estimate of drug-likeness (QED) is 0.343. The zero-order chi connectivity index (χ0) is 26.8. The lowest BCUT2D eigenvalue weighted by atomic mass is 9.89. The molecule has 2 atom stereocenters. The molecule has 5 nitrogen and oxygen atoms in total. The first-order valence-electron chi connectivity index (χ1n) is 12.7. The summed E-state index contributed by atoms with van der Waals surface area (Å²) in [5.74, 6) is -0.691. The third kappa shape index (κ3) is 5.26. The van der Waals surface area contributed by atoms with Gasteiger partial charge in [0.15, 0.2) is 0 Å². The molecule has 1 N–H and O–H groups in total. The summed E-state index contributed by atoms with van der Waals surface area (Å²) in [6.45, 7) is 0.299. The Kier molecular flexibility index (Phi) is 8.21. The SMILES string of the molecule is CNC1CCC(N(Cc2cc(-c3cccnc3)ccc2OC)C(=O)C2Sc3c(F)ccc(F)c3C2Cl)CC1. The van der Waals surface area contributed by atoms with Crippen molar-refractivity contribution in [2.75, 3.05) is 14.2 Å². The molecule has 3 aromatic rings. The van der Waals surface area contributed by atoms with Crippen LogP contribution in [0.3, 0.4) is 0 Å². The lowest BCUT2D eigenvalue weighted by Crippen LogP contribution is -2.47. The zero-order valence-corrected chi connectivity index (χ0v) is 22.9. The van der Waals surface area contributed by atoms with Gasteiger partial charge in [-0.05, 0) is 68.6 Å². The molecule has 0 saturated heterocycles. The monoisotopic (exact) mass is 557 g/mol. The number of ether oxygens (including phenoxy) is 1. The summed E-state index contributed by atoms with van der Waals surface area (Å²) in [6.07, 6.45) is 7.03. The van der Waals surface area contributed by atoms with Crippen molar-refractivity contribution in [3.63, 3.8) is 0 Å². The average Bonchev–Trinajstić information content (AvgIpc) is 3.32. The Labute approximate surface area is 230 Å². The minimum Gasteiger partial charge on any atom is -0.496 e. The maximum absolute atomic E-state index is 14.6. The molecule has 1 aliphatic carbocycles. The highest BCUT2D eigenvalue weighted by atomic mass is 35.5. The third-order valence-corrected chi connectivity index (χ3v) is 9.57. The molecule has 2 aliphatic rings. The van der Waals surface area contributed by atoms with Crippen LogP contribution in [-0.2, 0) is 11.3 Å². The number of halogens is 3. The first kappa shape index (κ1) is 26.9. The van der Waals surface area contributed by atoms with Crippen molar-refractivity contribution < 1.29 is 18.3 Å². The molecule has 2 aromatic carbocycles. The molecule has 9 heteroatoms. The topological polar surface area (TPSA) is 54.5 Å². The van der Waals surface area contributed by atoms with Crippen LogP contribution in [0, 0.1) is 11.6 Å². The number of pyridine rings is 1. The number of fused-ring (bicyclic) bond motifs is 1. The number of alkyl halides is 1. The van der Waals surface area contributed by atoms with E-state index in [0.29, 0.717) is 18.3 Å². The Hall–Kier alpha value is -2.68.